The van der Waals surface area contributed by atoms with Gasteiger partial charge in [-0.1, -0.05) is 5.22 Å². The Morgan fingerprint density at radius 3 is 2.79 bits per heavy atom. The molecular formula is C8H14N6. The van der Waals surface area contributed by atoms with Crippen LogP contribution < -0.4 is 5.73 Å². The fraction of sp³-hybridized carbons (Fsp3) is 0.500. The number of nitrogens with two attached hydrogens (primary N) is 1. The summed E-state index contributed by atoms with van der Waals surface area (Å²) in [6, 6.07) is 0. The second-order valence-electron chi connectivity index (χ2n) is 3.07. The SMILES string of the molecule is Cc1c(N)ncnc1CN=NN(C)C. The van der Waals surface area contributed by atoms with Gasteiger partial charge in [0.25, 0.3) is 0 Å². The normalized spacial score (nSPS) is 10.8. The Morgan fingerprint density at radius 1 is 1.43 bits per heavy atom. The minimum absolute atomic E-state index is 0.427. The molecule has 0 saturated heterocycles. The van der Waals surface area contributed by atoms with E-state index in [1.165, 1.54) is 6.33 Å². The van der Waals surface area contributed by atoms with Gasteiger partial charge in [0, 0.05) is 19.7 Å². The maximum atomic E-state index is 5.62. The zero-order chi connectivity index (χ0) is 10.6. The molecule has 6 heteroatoms. The van der Waals surface area contributed by atoms with E-state index in [9.17, 15) is 0 Å². The lowest BCUT2D eigenvalue weighted by Crippen LogP contribution is -2.02. The molecule has 1 aromatic heterocycles. The molecule has 76 valence electrons. The third-order valence-corrected chi connectivity index (χ3v) is 1.69. The van der Waals surface area contributed by atoms with Crippen LogP contribution in [-0.2, 0) is 6.54 Å². The van der Waals surface area contributed by atoms with Crippen molar-refractivity contribution < 1.29 is 0 Å². The molecular weight excluding hydrogens is 180 g/mol. The molecule has 1 aromatic rings. The summed E-state index contributed by atoms with van der Waals surface area (Å²) in [5.41, 5.74) is 7.29. The van der Waals surface area contributed by atoms with E-state index in [1.807, 2.05) is 21.0 Å². The Bertz CT molecular complexity index is 333. The van der Waals surface area contributed by atoms with Crippen LogP contribution in [0, 0.1) is 6.92 Å². The molecule has 0 aliphatic rings. The number of hydrogen-bond donors (Lipinski definition) is 1. The summed E-state index contributed by atoms with van der Waals surface area (Å²) >= 11 is 0. The fourth-order valence-corrected chi connectivity index (χ4v) is 0.887. The van der Waals surface area contributed by atoms with E-state index in [0.717, 1.165) is 11.3 Å². The van der Waals surface area contributed by atoms with Crippen LogP contribution >= 0.6 is 0 Å². The molecule has 14 heavy (non-hydrogen) atoms. The molecule has 0 saturated carbocycles. The van der Waals surface area contributed by atoms with Crippen molar-refractivity contribution >= 4 is 5.82 Å². The van der Waals surface area contributed by atoms with E-state index in [1.54, 1.807) is 5.01 Å². The lowest BCUT2D eigenvalue weighted by atomic mass is 10.2. The summed E-state index contributed by atoms with van der Waals surface area (Å²) < 4.78 is 0. The molecule has 0 bridgehead atoms. The summed E-state index contributed by atoms with van der Waals surface area (Å²) in [6.45, 7) is 2.30. The van der Waals surface area contributed by atoms with Crippen molar-refractivity contribution in [1.82, 2.24) is 15.0 Å². The Morgan fingerprint density at radius 2 is 2.14 bits per heavy atom. The number of hydrogen-bond acceptors (Lipinski definition) is 5. The Labute approximate surface area is 82.8 Å². The van der Waals surface area contributed by atoms with Crippen molar-refractivity contribution in [2.24, 2.45) is 10.3 Å². The Hall–Kier alpha value is -1.72. The number of nitrogens with zero attached hydrogens (tertiary/aromatic N) is 5. The number of rotatable bonds is 3. The van der Waals surface area contributed by atoms with Gasteiger partial charge in [0.2, 0.25) is 0 Å². The van der Waals surface area contributed by atoms with Crippen molar-refractivity contribution in [1.29, 1.82) is 0 Å². The van der Waals surface area contributed by atoms with Crippen molar-refractivity contribution in [2.75, 3.05) is 19.8 Å². The monoisotopic (exact) mass is 194 g/mol. The standard InChI is InChI=1S/C8H14N6/c1-6-7(4-12-13-14(2)3)10-5-11-8(6)9/h5H,4H2,1-3H3,(H2,9,10,11). The molecule has 0 amide bonds. The van der Waals surface area contributed by atoms with Crippen LogP contribution in [0.5, 0.6) is 0 Å². The highest BCUT2D eigenvalue weighted by Gasteiger charge is 2.02. The van der Waals surface area contributed by atoms with Gasteiger partial charge in [-0.2, -0.15) is 5.11 Å². The summed E-state index contributed by atoms with van der Waals surface area (Å²) in [5.74, 6) is 0.495. The van der Waals surface area contributed by atoms with Gasteiger partial charge < -0.3 is 5.73 Å². The average Bonchev–Trinajstić information content (AvgIpc) is 2.12. The maximum absolute atomic E-state index is 5.62. The van der Waals surface area contributed by atoms with Crippen LogP contribution in [0.3, 0.4) is 0 Å². The minimum atomic E-state index is 0.427. The third kappa shape index (κ3) is 2.65. The first-order chi connectivity index (χ1) is 6.61. The molecule has 0 spiro atoms. The van der Waals surface area contributed by atoms with Gasteiger partial charge in [0.15, 0.2) is 0 Å². The zero-order valence-electron chi connectivity index (χ0n) is 8.60. The number of anilines is 1. The fourth-order valence-electron chi connectivity index (χ4n) is 0.887. The molecule has 0 radical (unpaired) electrons. The van der Waals surface area contributed by atoms with Crippen LogP contribution in [-0.4, -0.2) is 29.1 Å². The lowest BCUT2D eigenvalue weighted by Gasteiger charge is -2.03. The molecule has 0 aliphatic carbocycles. The topological polar surface area (TPSA) is 79.8 Å². The van der Waals surface area contributed by atoms with Gasteiger partial charge in [0.1, 0.15) is 18.7 Å². The maximum Gasteiger partial charge on any atom is 0.130 e. The second kappa shape index (κ2) is 4.50. The summed E-state index contributed by atoms with van der Waals surface area (Å²) in [7, 11) is 3.62. The van der Waals surface area contributed by atoms with Crippen LogP contribution in [0.15, 0.2) is 16.7 Å². The van der Waals surface area contributed by atoms with Gasteiger partial charge in [-0.05, 0) is 6.92 Å². The minimum Gasteiger partial charge on any atom is -0.383 e. The quantitative estimate of drug-likeness (QED) is 0.570. The molecule has 0 fully saturated rings. The highest BCUT2D eigenvalue weighted by atomic mass is 15.5. The number of nitrogen functional groups attached to an aromatic ring is 1. The highest BCUT2D eigenvalue weighted by Crippen LogP contribution is 2.10. The smallest absolute Gasteiger partial charge is 0.130 e. The molecule has 1 heterocycles. The summed E-state index contributed by atoms with van der Waals surface area (Å²) in [5, 5.41) is 9.42. The summed E-state index contributed by atoms with van der Waals surface area (Å²) in [6.07, 6.45) is 1.43. The van der Waals surface area contributed by atoms with E-state index in [2.05, 4.69) is 20.3 Å². The van der Waals surface area contributed by atoms with Crippen molar-refractivity contribution in [3.8, 4) is 0 Å². The van der Waals surface area contributed by atoms with Gasteiger partial charge in [-0.15, -0.1) is 0 Å². The molecule has 0 aliphatic heterocycles. The molecule has 0 unspecified atom stereocenters. The van der Waals surface area contributed by atoms with Gasteiger partial charge in [-0.3, -0.25) is 5.01 Å². The summed E-state index contributed by atoms with van der Waals surface area (Å²) in [4.78, 5) is 7.94. The Kier molecular flexibility index (Phi) is 3.33. The van der Waals surface area contributed by atoms with Crippen LogP contribution in [0.4, 0.5) is 5.82 Å². The first-order valence-electron chi connectivity index (χ1n) is 4.22. The van der Waals surface area contributed by atoms with Crippen molar-refractivity contribution in [3.63, 3.8) is 0 Å². The average molecular weight is 194 g/mol. The first-order valence-corrected chi connectivity index (χ1v) is 4.22. The molecule has 0 aromatic carbocycles. The largest absolute Gasteiger partial charge is 0.383 e. The zero-order valence-corrected chi connectivity index (χ0v) is 8.60. The first kappa shape index (κ1) is 10.4. The predicted octanol–water partition coefficient (Wildman–Crippen LogP) is 0.796. The van der Waals surface area contributed by atoms with Crippen LogP contribution in [0.25, 0.3) is 0 Å². The Balaban J connectivity index is 2.72. The van der Waals surface area contributed by atoms with Crippen molar-refractivity contribution in [2.45, 2.75) is 13.5 Å². The van der Waals surface area contributed by atoms with E-state index in [4.69, 9.17) is 5.73 Å². The molecule has 1 rings (SSSR count). The molecule has 2 N–H and O–H groups in total. The van der Waals surface area contributed by atoms with Gasteiger partial charge >= 0.3 is 0 Å². The highest BCUT2D eigenvalue weighted by molar-refractivity contribution is 5.39. The van der Waals surface area contributed by atoms with Crippen molar-refractivity contribution in [3.05, 3.63) is 17.6 Å². The van der Waals surface area contributed by atoms with Crippen LogP contribution in [0.2, 0.25) is 0 Å². The van der Waals surface area contributed by atoms with E-state index in [-0.39, 0.29) is 0 Å². The van der Waals surface area contributed by atoms with E-state index >= 15 is 0 Å². The second-order valence-corrected chi connectivity index (χ2v) is 3.07. The van der Waals surface area contributed by atoms with E-state index in [0.29, 0.717) is 12.4 Å². The van der Waals surface area contributed by atoms with Crippen LogP contribution in [0.1, 0.15) is 11.3 Å². The van der Waals surface area contributed by atoms with Gasteiger partial charge in [-0.25, -0.2) is 9.97 Å². The van der Waals surface area contributed by atoms with E-state index < -0.39 is 0 Å². The molecule has 6 nitrogen and oxygen atoms in total. The number of aromatic nitrogens is 2. The predicted molar refractivity (Wildman–Crippen MR) is 53.4 cm³/mol. The molecule has 0 atom stereocenters. The van der Waals surface area contributed by atoms with Gasteiger partial charge in [0.05, 0.1) is 5.69 Å². The lowest BCUT2D eigenvalue weighted by molar-refractivity contribution is 0.397. The third-order valence-electron chi connectivity index (χ3n) is 1.69.